The van der Waals surface area contributed by atoms with Crippen LogP contribution in [0.4, 0.5) is 0 Å². The molecule has 2 N–H and O–H groups in total. The highest BCUT2D eigenvalue weighted by Gasteiger charge is 2.11. The number of amidine groups is 1. The average Bonchev–Trinajstić information content (AvgIpc) is 2.55. The van der Waals surface area contributed by atoms with Crippen LogP contribution in [0.3, 0.4) is 0 Å². The summed E-state index contributed by atoms with van der Waals surface area (Å²) in [4.78, 5) is 16.0. The molecule has 0 radical (unpaired) electrons. The van der Waals surface area contributed by atoms with Gasteiger partial charge in [-0.1, -0.05) is 19.0 Å². The van der Waals surface area contributed by atoms with Crippen LogP contribution in [0.5, 0.6) is 0 Å². The van der Waals surface area contributed by atoms with Gasteiger partial charge in [-0.3, -0.25) is 4.99 Å². The third-order valence-electron chi connectivity index (χ3n) is 3.62. The van der Waals surface area contributed by atoms with Crippen LogP contribution >= 0.6 is 0 Å². The van der Waals surface area contributed by atoms with Crippen molar-refractivity contribution in [1.29, 1.82) is 0 Å². The van der Waals surface area contributed by atoms with Gasteiger partial charge in [0.25, 0.3) is 0 Å². The van der Waals surface area contributed by atoms with Gasteiger partial charge in [0.15, 0.2) is 5.84 Å². The molecule has 0 spiro atoms. The molecule has 0 amide bonds. The van der Waals surface area contributed by atoms with Crippen molar-refractivity contribution in [2.45, 2.75) is 47.1 Å². The van der Waals surface area contributed by atoms with Crippen LogP contribution in [0.1, 0.15) is 41.0 Å². The van der Waals surface area contributed by atoms with Gasteiger partial charge in [-0.25, -0.2) is 4.99 Å². The first-order chi connectivity index (χ1) is 10.9. The molecule has 6 heteroatoms. The van der Waals surface area contributed by atoms with Crippen LogP contribution in [-0.4, -0.2) is 49.8 Å². The number of aliphatic imine (C=N–C) groups is 2. The first kappa shape index (κ1) is 21.0. The number of allylic oxidation sites excluding steroid dienone is 2. The van der Waals surface area contributed by atoms with E-state index in [4.69, 9.17) is 10.6 Å². The maximum atomic E-state index is 6.08. The Labute approximate surface area is 140 Å². The molecule has 0 aromatic carbocycles. The van der Waals surface area contributed by atoms with Crippen LogP contribution in [-0.2, 0) is 4.84 Å². The minimum Gasteiger partial charge on any atom is -0.398 e. The van der Waals surface area contributed by atoms with E-state index < -0.39 is 0 Å². The van der Waals surface area contributed by atoms with Crippen LogP contribution in [0, 0.1) is 0 Å². The van der Waals surface area contributed by atoms with E-state index in [0.29, 0.717) is 29.9 Å². The highest BCUT2D eigenvalue weighted by atomic mass is 16.6. The summed E-state index contributed by atoms with van der Waals surface area (Å²) in [5, 5.41) is 3.71. The van der Waals surface area contributed by atoms with Crippen LogP contribution in [0.15, 0.2) is 38.2 Å². The molecule has 0 aromatic heterocycles. The zero-order valence-corrected chi connectivity index (χ0v) is 15.3. The Morgan fingerprint density at radius 1 is 1.35 bits per heavy atom. The normalized spacial score (nSPS) is 15.8. The fraction of sp³-hybridized carbons (Fsp3) is 0.588. The second kappa shape index (κ2) is 11.6. The van der Waals surface area contributed by atoms with E-state index in [1.807, 2.05) is 6.92 Å². The first-order valence-corrected chi connectivity index (χ1v) is 7.92. The minimum atomic E-state index is 0.380. The largest absolute Gasteiger partial charge is 0.398 e. The van der Waals surface area contributed by atoms with Gasteiger partial charge in [0.05, 0.1) is 6.54 Å². The first-order valence-electron chi connectivity index (χ1n) is 7.92. The molecule has 0 saturated heterocycles. The molecule has 0 rings (SSSR count). The fourth-order valence-electron chi connectivity index (χ4n) is 1.94. The number of hydrogen-bond donors (Lipinski definition) is 1. The molecule has 6 nitrogen and oxygen atoms in total. The predicted octanol–water partition coefficient (Wildman–Crippen LogP) is 2.97. The molecule has 0 aliphatic rings. The quantitative estimate of drug-likeness (QED) is 0.233. The Morgan fingerprint density at radius 3 is 2.48 bits per heavy atom. The molecule has 0 unspecified atom stereocenters. The predicted molar refractivity (Wildman–Crippen MR) is 100 cm³/mol. The molecule has 0 bridgehead atoms. The van der Waals surface area contributed by atoms with Crippen molar-refractivity contribution in [2.24, 2.45) is 20.9 Å². The number of nitrogens with zero attached hydrogens (tertiary/aromatic N) is 4. The molecule has 0 aromatic rings. The second-order valence-electron chi connectivity index (χ2n) is 5.25. The average molecular weight is 321 g/mol. The third-order valence-corrected chi connectivity index (χ3v) is 3.62. The molecule has 23 heavy (non-hydrogen) atoms. The Hall–Kier alpha value is -1.95. The summed E-state index contributed by atoms with van der Waals surface area (Å²) < 4.78 is 0. The molecule has 0 aliphatic heterocycles. The highest BCUT2D eigenvalue weighted by Crippen LogP contribution is 2.09. The van der Waals surface area contributed by atoms with Crippen molar-refractivity contribution in [2.75, 3.05) is 20.1 Å². The van der Waals surface area contributed by atoms with Gasteiger partial charge in [-0.2, -0.15) is 0 Å². The Balaban J connectivity index is 5.22. The SMILES string of the molecule is C=NC(=NC[C@H](CC)N(C)CC)C(C)=C(N)/C=C(\C)O/N=C/C. The van der Waals surface area contributed by atoms with Crippen molar-refractivity contribution in [3.63, 3.8) is 0 Å². The molecule has 1 atom stereocenters. The molecule has 0 saturated carbocycles. The van der Waals surface area contributed by atoms with Gasteiger partial charge in [-0.15, -0.1) is 0 Å². The lowest BCUT2D eigenvalue weighted by Gasteiger charge is -2.24. The third kappa shape index (κ3) is 7.74. The maximum Gasteiger partial charge on any atom is 0.151 e. The maximum absolute atomic E-state index is 6.08. The Kier molecular flexibility index (Phi) is 10.6. The van der Waals surface area contributed by atoms with Gasteiger partial charge in [0, 0.05) is 29.6 Å². The summed E-state index contributed by atoms with van der Waals surface area (Å²) in [7, 11) is 2.10. The summed E-state index contributed by atoms with van der Waals surface area (Å²) in [6.07, 6.45) is 4.30. The van der Waals surface area contributed by atoms with Gasteiger partial charge < -0.3 is 15.5 Å². The number of oxime groups is 1. The second-order valence-corrected chi connectivity index (χ2v) is 5.25. The van der Waals surface area contributed by atoms with E-state index in [0.717, 1.165) is 18.5 Å². The number of likely N-dealkylation sites (N-methyl/N-ethyl adjacent to an activating group) is 1. The Bertz CT molecular complexity index is 491. The van der Waals surface area contributed by atoms with Crippen molar-refractivity contribution in [3.8, 4) is 0 Å². The monoisotopic (exact) mass is 321 g/mol. The molecular weight excluding hydrogens is 290 g/mol. The zero-order valence-electron chi connectivity index (χ0n) is 15.3. The van der Waals surface area contributed by atoms with E-state index in [1.54, 1.807) is 26.1 Å². The van der Waals surface area contributed by atoms with E-state index in [9.17, 15) is 0 Å². The van der Waals surface area contributed by atoms with Crippen LogP contribution in [0.25, 0.3) is 0 Å². The molecule has 0 aliphatic carbocycles. The fourth-order valence-corrected chi connectivity index (χ4v) is 1.94. The molecular formula is C17H31N5O. The zero-order chi connectivity index (χ0) is 17.8. The summed E-state index contributed by atoms with van der Waals surface area (Å²) in [6, 6.07) is 0.380. The lowest BCUT2D eigenvalue weighted by atomic mass is 10.1. The van der Waals surface area contributed by atoms with E-state index in [-0.39, 0.29) is 0 Å². The standard InChI is InChI=1S/C17H31N5O/c1-8-15(22(7)10-3)12-20-17(19-6)14(5)16(18)11-13(4)23-21-9-2/h9,11,15H,6,8,10,12,18H2,1-5,7H3/b13-11+,16-14?,20-17?,21-9+/t15-/m0/s1. The molecule has 0 heterocycles. The van der Waals surface area contributed by atoms with Gasteiger partial charge in [0.1, 0.15) is 5.76 Å². The van der Waals surface area contributed by atoms with Crippen molar-refractivity contribution in [1.82, 2.24) is 4.90 Å². The Morgan fingerprint density at radius 2 is 2.00 bits per heavy atom. The minimum absolute atomic E-state index is 0.380. The molecule has 0 fully saturated rings. The van der Waals surface area contributed by atoms with Crippen molar-refractivity contribution in [3.05, 3.63) is 23.1 Å². The topological polar surface area (TPSA) is 75.6 Å². The van der Waals surface area contributed by atoms with Gasteiger partial charge >= 0.3 is 0 Å². The van der Waals surface area contributed by atoms with E-state index in [1.165, 1.54) is 0 Å². The van der Waals surface area contributed by atoms with Crippen molar-refractivity contribution >= 4 is 18.8 Å². The number of hydrogen-bond acceptors (Lipinski definition) is 5. The van der Waals surface area contributed by atoms with E-state index >= 15 is 0 Å². The smallest absolute Gasteiger partial charge is 0.151 e. The van der Waals surface area contributed by atoms with E-state index in [2.05, 4.69) is 47.7 Å². The van der Waals surface area contributed by atoms with Crippen LogP contribution in [0.2, 0.25) is 0 Å². The van der Waals surface area contributed by atoms with Gasteiger partial charge in [0.2, 0.25) is 0 Å². The molecule has 130 valence electrons. The van der Waals surface area contributed by atoms with Gasteiger partial charge in [-0.05, 0) is 47.5 Å². The van der Waals surface area contributed by atoms with Crippen LogP contribution < -0.4 is 5.73 Å². The van der Waals surface area contributed by atoms with Crippen molar-refractivity contribution < 1.29 is 4.84 Å². The number of rotatable bonds is 9. The summed E-state index contributed by atoms with van der Waals surface area (Å²) in [6.45, 7) is 15.0. The number of nitrogens with two attached hydrogens (primary N) is 1. The summed E-state index contributed by atoms with van der Waals surface area (Å²) in [5.74, 6) is 1.16. The lowest BCUT2D eigenvalue weighted by Crippen LogP contribution is -2.33. The highest BCUT2D eigenvalue weighted by molar-refractivity contribution is 6.01. The summed E-state index contributed by atoms with van der Waals surface area (Å²) >= 11 is 0. The lowest BCUT2D eigenvalue weighted by molar-refractivity contribution is 0.231. The summed E-state index contributed by atoms with van der Waals surface area (Å²) in [5.41, 5.74) is 7.40.